The van der Waals surface area contributed by atoms with Gasteiger partial charge in [0.05, 0.1) is 18.7 Å². The van der Waals surface area contributed by atoms with Crippen molar-refractivity contribution in [1.29, 1.82) is 0 Å². The molecule has 0 radical (unpaired) electrons. The Bertz CT molecular complexity index is 848. The predicted octanol–water partition coefficient (Wildman–Crippen LogP) is 4.34. The molecule has 0 heterocycles. The minimum atomic E-state index is -0.345. The summed E-state index contributed by atoms with van der Waals surface area (Å²) < 4.78 is 11.0. The quantitative estimate of drug-likeness (QED) is 0.745. The monoisotopic (exact) mass is 404 g/mol. The topological polar surface area (TPSA) is 67.9 Å². The van der Waals surface area contributed by atoms with Gasteiger partial charge < -0.3 is 19.7 Å². The number of halogens is 1. The number of rotatable bonds is 7. The summed E-state index contributed by atoms with van der Waals surface area (Å²) in [5.41, 5.74) is 1.45. The van der Waals surface area contributed by atoms with Crippen molar-refractivity contribution in [3.63, 3.8) is 0 Å². The number of carbonyl (C=O) groups excluding carboxylic acids is 2. The lowest BCUT2D eigenvalue weighted by Crippen LogP contribution is -2.21. The Labute approximate surface area is 170 Å². The van der Waals surface area contributed by atoms with Crippen LogP contribution in [0.2, 0.25) is 5.02 Å². The van der Waals surface area contributed by atoms with Gasteiger partial charge in [0.15, 0.2) is 11.5 Å². The Morgan fingerprint density at radius 3 is 2.29 bits per heavy atom. The molecule has 0 saturated heterocycles. The Balaban J connectivity index is 2.18. The van der Waals surface area contributed by atoms with E-state index in [2.05, 4.69) is 5.32 Å². The average Bonchev–Trinajstić information content (AvgIpc) is 2.66. The molecule has 0 aliphatic rings. The predicted molar refractivity (Wildman–Crippen MR) is 111 cm³/mol. The van der Waals surface area contributed by atoms with Gasteiger partial charge in [-0.25, -0.2) is 0 Å². The lowest BCUT2D eigenvalue weighted by Gasteiger charge is -2.15. The van der Waals surface area contributed by atoms with Crippen LogP contribution in [0.3, 0.4) is 0 Å². The van der Waals surface area contributed by atoms with Crippen LogP contribution in [-0.4, -0.2) is 44.5 Å². The molecular formula is C21H25ClN2O4. The lowest BCUT2D eigenvalue weighted by molar-refractivity contribution is 0.0827. The van der Waals surface area contributed by atoms with Crippen LogP contribution < -0.4 is 14.8 Å². The van der Waals surface area contributed by atoms with Gasteiger partial charge in [0.1, 0.15) is 0 Å². The normalized spacial score (nSPS) is 10.5. The second kappa shape index (κ2) is 9.46. The number of hydrogen-bond donors (Lipinski definition) is 1. The van der Waals surface area contributed by atoms with Crippen LogP contribution in [0.15, 0.2) is 36.4 Å². The van der Waals surface area contributed by atoms with Crippen LogP contribution in [0.5, 0.6) is 11.5 Å². The van der Waals surface area contributed by atoms with Crippen LogP contribution in [0, 0.1) is 5.92 Å². The molecule has 2 amide bonds. The van der Waals surface area contributed by atoms with Gasteiger partial charge in [-0.1, -0.05) is 25.4 Å². The van der Waals surface area contributed by atoms with Crippen molar-refractivity contribution in [2.24, 2.45) is 5.92 Å². The SMILES string of the molecule is COc1cc(C(=O)Nc2ccc(C(=O)N(C)C)cc2)cc(Cl)c1OCC(C)C. The third-order valence-electron chi connectivity index (χ3n) is 3.85. The third-order valence-corrected chi connectivity index (χ3v) is 4.13. The zero-order chi connectivity index (χ0) is 20.8. The summed E-state index contributed by atoms with van der Waals surface area (Å²) in [4.78, 5) is 26.0. The first kappa shape index (κ1) is 21.6. The zero-order valence-corrected chi connectivity index (χ0v) is 17.5. The van der Waals surface area contributed by atoms with E-state index in [0.717, 1.165) is 0 Å². The fourth-order valence-electron chi connectivity index (χ4n) is 2.40. The third kappa shape index (κ3) is 5.39. The van der Waals surface area contributed by atoms with Crippen LogP contribution in [0.25, 0.3) is 0 Å². The minimum Gasteiger partial charge on any atom is -0.493 e. The molecule has 0 saturated carbocycles. The van der Waals surface area contributed by atoms with Crippen LogP contribution >= 0.6 is 11.6 Å². The number of hydrogen-bond acceptors (Lipinski definition) is 4. The number of anilines is 1. The fourth-order valence-corrected chi connectivity index (χ4v) is 2.66. The van der Waals surface area contributed by atoms with Crippen molar-refractivity contribution in [1.82, 2.24) is 4.90 Å². The lowest BCUT2D eigenvalue weighted by atomic mass is 10.1. The number of amides is 2. The van der Waals surface area contributed by atoms with Crippen molar-refractivity contribution in [2.45, 2.75) is 13.8 Å². The summed E-state index contributed by atoms with van der Waals surface area (Å²) in [7, 11) is 4.86. The molecule has 0 spiro atoms. The van der Waals surface area contributed by atoms with E-state index in [1.54, 1.807) is 50.5 Å². The Morgan fingerprint density at radius 2 is 1.75 bits per heavy atom. The first-order valence-corrected chi connectivity index (χ1v) is 9.24. The minimum absolute atomic E-state index is 0.105. The molecule has 0 aromatic heterocycles. The summed E-state index contributed by atoms with van der Waals surface area (Å²) in [6.45, 7) is 4.54. The summed E-state index contributed by atoms with van der Waals surface area (Å²) in [6, 6.07) is 9.80. The molecule has 2 aromatic rings. The average molecular weight is 405 g/mol. The molecule has 0 aliphatic heterocycles. The van der Waals surface area contributed by atoms with Gasteiger partial charge in [0, 0.05) is 30.9 Å². The van der Waals surface area contributed by atoms with E-state index in [1.807, 2.05) is 13.8 Å². The van der Waals surface area contributed by atoms with Crippen molar-refractivity contribution in [3.8, 4) is 11.5 Å². The highest BCUT2D eigenvalue weighted by molar-refractivity contribution is 6.32. The van der Waals surface area contributed by atoms with Crippen molar-refractivity contribution in [2.75, 3.05) is 33.1 Å². The number of carbonyl (C=O) groups is 2. The molecule has 6 nitrogen and oxygen atoms in total. The molecule has 150 valence electrons. The summed E-state index contributed by atoms with van der Waals surface area (Å²) in [5, 5.41) is 3.09. The number of nitrogens with one attached hydrogen (secondary N) is 1. The van der Waals surface area contributed by atoms with E-state index in [9.17, 15) is 9.59 Å². The molecule has 0 unspecified atom stereocenters. The van der Waals surface area contributed by atoms with E-state index in [-0.39, 0.29) is 11.8 Å². The summed E-state index contributed by atoms with van der Waals surface area (Å²) in [5.74, 6) is 0.686. The van der Waals surface area contributed by atoms with E-state index in [0.29, 0.717) is 45.9 Å². The molecule has 0 atom stereocenters. The molecule has 7 heteroatoms. The molecule has 0 bridgehead atoms. The van der Waals surface area contributed by atoms with Gasteiger partial charge in [-0.2, -0.15) is 0 Å². The number of ether oxygens (including phenoxy) is 2. The number of methoxy groups -OCH3 is 1. The smallest absolute Gasteiger partial charge is 0.255 e. The molecule has 1 N–H and O–H groups in total. The maximum atomic E-state index is 12.6. The van der Waals surface area contributed by atoms with Crippen LogP contribution in [-0.2, 0) is 0 Å². The van der Waals surface area contributed by atoms with Gasteiger partial charge in [0.2, 0.25) is 0 Å². The molecule has 2 rings (SSSR count). The second-order valence-corrected chi connectivity index (χ2v) is 7.33. The van der Waals surface area contributed by atoms with Crippen LogP contribution in [0.4, 0.5) is 5.69 Å². The maximum absolute atomic E-state index is 12.6. The number of nitrogens with zero attached hydrogens (tertiary/aromatic N) is 1. The molecule has 0 fully saturated rings. The van der Waals surface area contributed by atoms with Gasteiger partial charge in [0.25, 0.3) is 11.8 Å². The maximum Gasteiger partial charge on any atom is 0.255 e. The molecule has 28 heavy (non-hydrogen) atoms. The first-order valence-electron chi connectivity index (χ1n) is 8.86. The molecule has 0 aliphatic carbocycles. The van der Waals surface area contributed by atoms with Gasteiger partial charge in [-0.15, -0.1) is 0 Å². The number of benzene rings is 2. The standard InChI is InChI=1S/C21H25ClN2O4/c1-13(2)12-28-19-17(22)10-15(11-18(19)27-5)20(25)23-16-8-6-14(7-9-16)21(26)24(3)4/h6-11,13H,12H2,1-5H3,(H,23,25). The van der Waals surface area contributed by atoms with Gasteiger partial charge in [-0.05, 0) is 42.3 Å². The van der Waals surface area contributed by atoms with Crippen molar-refractivity contribution >= 4 is 29.1 Å². The largest absolute Gasteiger partial charge is 0.493 e. The van der Waals surface area contributed by atoms with E-state index in [1.165, 1.54) is 12.0 Å². The molecule has 2 aromatic carbocycles. The van der Waals surface area contributed by atoms with E-state index >= 15 is 0 Å². The highest BCUT2D eigenvalue weighted by Crippen LogP contribution is 2.37. The van der Waals surface area contributed by atoms with Crippen LogP contribution in [0.1, 0.15) is 34.6 Å². The summed E-state index contributed by atoms with van der Waals surface area (Å²) in [6.07, 6.45) is 0. The fraction of sp³-hybridized carbons (Fsp3) is 0.333. The van der Waals surface area contributed by atoms with Gasteiger partial charge in [-0.3, -0.25) is 9.59 Å². The first-order chi connectivity index (χ1) is 13.2. The second-order valence-electron chi connectivity index (χ2n) is 6.93. The Kier molecular flexibility index (Phi) is 7.29. The highest BCUT2D eigenvalue weighted by atomic mass is 35.5. The Hall–Kier alpha value is -2.73. The summed E-state index contributed by atoms with van der Waals surface area (Å²) >= 11 is 6.30. The van der Waals surface area contributed by atoms with E-state index < -0.39 is 0 Å². The van der Waals surface area contributed by atoms with E-state index in [4.69, 9.17) is 21.1 Å². The van der Waals surface area contributed by atoms with Crippen molar-refractivity contribution in [3.05, 3.63) is 52.5 Å². The molecular weight excluding hydrogens is 380 g/mol. The van der Waals surface area contributed by atoms with Crippen molar-refractivity contribution < 1.29 is 19.1 Å². The van der Waals surface area contributed by atoms with Gasteiger partial charge >= 0.3 is 0 Å². The zero-order valence-electron chi connectivity index (χ0n) is 16.7. The highest BCUT2D eigenvalue weighted by Gasteiger charge is 2.17. The Morgan fingerprint density at radius 1 is 1.11 bits per heavy atom.